The minimum atomic E-state index is -4.40. The van der Waals surface area contributed by atoms with E-state index < -0.39 is 32.5 Å². The average Bonchev–Trinajstić information content (AvgIpc) is 3.22. The molecule has 0 heterocycles. The van der Waals surface area contributed by atoms with E-state index in [4.69, 9.17) is 24.3 Å². The maximum atomic E-state index is 12.6. The van der Waals surface area contributed by atoms with Gasteiger partial charge < -0.3 is 20.1 Å². The molecule has 0 spiro atoms. The van der Waals surface area contributed by atoms with Crippen molar-refractivity contribution in [3.63, 3.8) is 0 Å². The van der Waals surface area contributed by atoms with Crippen molar-refractivity contribution >= 4 is 19.8 Å². The SMILES string of the molecule is CCC=CCC=CCC=CCC=CCC=CCCCC(=O)O[C@H](COC(=O)CCCCCCCCCCCCCC=CCCCCCCCC)COP(=O)(O)OCCN. The number of nitrogens with two attached hydrogens (primary N) is 1. The van der Waals surface area contributed by atoms with Crippen molar-refractivity contribution in [2.24, 2.45) is 5.73 Å². The molecule has 0 aromatic rings. The Morgan fingerprint density at radius 2 is 0.949 bits per heavy atom. The van der Waals surface area contributed by atoms with Gasteiger partial charge in [-0.2, -0.15) is 0 Å². The van der Waals surface area contributed by atoms with Crippen LogP contribution in [0.25, 0.3) is 0 Å². The fourth-order valence-electron chi connectivity index (χ4n) is 6.14. The van der Waals surface area contributed by atoms with E-state index in [1.807, 2.05) is 6.08 Å². The molecule has 0 saturated carbocycles. The first-order chi connectivity index (χ1) is 28.8. The molecule has 0 aliphatic carbocycles. The highest BCUT2D eigenvalue weighted by atomic mass is 31.2. The van der Waals surface area contributed by atoms with Crippen LogP contribution in [0, 0.1) is 0 Å². The summed E-state index contributed by atoms with van der Waals surface area (Å²) in [7, 11) is -4.40. The maximum Gasteiger partial charge on any atom is 0.472 e. The monoisotopic (exact) mass is 848 g/mol. The Kier molecular flexibility index (Phi) is 43.0. The second-order valence-electron chi connectivity index (χ2n) is 15.2. The standard InChI is InChI=1S/C49H86NO8P/c1-3-5-7-9-11-13-15-17-19-21-22-23-24-26-27-29-31-33-35-37-39-41-48(51)55-45-47(46-57-59(53,54)56-44-43-50)58-49(52)42-40-38-36-34-32-30-28-25-20-18-16-14-12-10-8-6-4-2/h6,8,12,14,17-20,28,30,34,36,47H,3-5,7,9-11,13,15-16,21-27,29,31-33,35,37-46,50H2,1-2H3,(H,53,54)/t47-/m1/s1. The number of ether oxygens (including phenoxy) is 2. The fourth-order valence-corrected chi connectivity index (χ4v) is 6.90. The summed E-state index contributed by atoms with van der Waals surface area (Å²) in [6.07, 6.45) is 55.2. The van der Waals surface area contributed by atoms with Gasteiger partial charge in [-0.05, 0) is 77.0 Å². The van der Waals surface area contributed by atoms with Gasteiger partial charge in [0.2, 0.25) is 0 Å². The van der Waals surface area contributed by atoms with Crippen molar-refractivity contribution < 1.29 is 37.6 Å². The topological polar surface area (TPSA) is 134 Å². The van der Waals surface area contributed by atoms with E-state index in [2.05, 4.69) is 80.7 Å². The lowest BCUT2D eigenvalue weighted by atomic mass is 10.0. The molecule has 2 atom stereocenters. The molecular formula is C49H86NO8P. The van der Waals surface area contributed by atoms with Gasteiger partial charge >= 0.3 is 19.8 Å². The minimum Gasteiger partial charge on any atom is -0.462 e. The van der Waals surface area contributed by atoms with Gasteiger partial charge in [-0.3, -0.25) is 18.6 Å². The van der Waals surface area contributed by atoms with Gasteiger partial charge in [-0.15, -0.1) is 0 Å². The Morgan fingerprint density at radius 1 is 0.525 bits per heavy atom. The summed E-state index contributed by atoms with van der Waals surface area (Å²) >= 11 is 0. The van der Waals surface area contributed by atoms with E-state index in [-0.39, 0.29) is 32.6 Å². The van der Waals surface area contributed by atoms with Crippen LogP contribution in [0.5, 0.6) is 0 Å². The van der Waals surface area contributed by atoms with Crippen molar-refractivity contribution in [2.45, 2.75) is 200 Å². The van der Waals surface area contributed by atoms with Gasteiger partial charge in [-0.1, -0.05) is 177 Å². The lowest BCUT2D eigenvalue weighted by molar-refractivity contribution is -0.161. The second-order valence-corrected chi connectivity index (χ2v) is 16.7. The number of rotatable bonds is 43. The summed E-state index contributed by atoms with van der Waals surface area (Å²) in [6, 6.07) is 0. The number of carbonyl (C=O) groups is 2. The number of esters is 2. The number of hydrogen-bond donors (Lipinski definition) is 2. The zero-order valence-electron chi connectivity index (χ0n) is 37.5. The first-order valence-corrected chi connectivity index (χ1v) is 24.9. The predicted octanol–water partition coefficient (Wildman–Crippen LogP) is 13.8. The number of allylic oxidation sites excluding steroid dienone is 12. The Balaban J connectivity index is 4.17. The number of carbonyl (C=O) groups excluding carboxylic acids is 2. The lowest BCUT2D eigenvalue weighted by Gasteiger charge is -2.19. The van der Waals surface area contributed by atoms with Crippen LogP contribution in [0.3, 0.4) is 0 Å². The molecule has 10 heteroatoms. The number of hydrogen-bond acceptors (Lipinski definition) is 8. The molecular weight excluding hydrogens is 762 g/mol. The van der Waals surface area contributed by atoms with Crippen molar-refractivity contribution in [3.05, 3.63) is 72.9 Å². The van der Waals surface area contributed by atoms with Crippen molar-refractivity contribution in [2.75, 3.05) is 26.4 Å². The molecule has 0 aromatic carbocycles. The Bertz CT molecular complexity index is 1190. The van der Waals surface area contributed by atoms with E-state index >= 15 is 0 Å². The van der Waals surface area contributed by atoms with Crippen LogP contribution >= 0.6 is 7.82 Å². The first-order valence-electron chi connectivity index (χ1n) is 23.4. The van der Waals surface area contributed by atoms with E-state index in [0.717, 1.165) is 51.4 Å². The average molecular weight is 848 g/mol. The summed E-state index contributed by atoms with van der Waals surface area (Å²) in [6.45, 7) is 3.55. The van der Waals surface area contributed by atoms with Gasteiger partial charge in [0.15, 0.2) is 6.10 Å². The van der Waals surface area contributed by atoms with Gasteiger partial charge in [0, 0.05) is 19.4 Å². The van der Waals surface area contributed by atoms with Gasteiger partial charge in [0.25, 0.3) is 0 Å². The molecule has 0 rings (SSSR count). The number of unbranched alkanes of at least 4 members (excludes halogenated alkanes) is 18. The molecule has 0 aliphatic rings. The summed E-state index contributed by atoms with van der Waals surface area (Å²) < 4.78 is 32.8. The van der Waals surface area contributed by atoms with E-state index in [1.165, 1.54) is 103 Å². The minimum absolute atomic E-state index is 0.0414. The van der Waals surface area contributed by atoms with Crippen LogP contribution in [0.4, 0.5) is 0 Å². The van der Waals surface area contributed by atoms with Crippen molar-refractivity contribution in [1.29, 1.82) is 0 Å². The van der Waals surface area contributed by atoms with Crippen LogP contribution in [0.2, 0.25) is 0 Å². The summed E-state index contributed by atoms with van der Waals surface area (Å²) in [5.41, 5.74) is 5.35. The van der Waals surface area contributed by atoms with Crippen LogP contribution in [0.15, 0.2) is 72.9 Å². The molecule has 9 nitrogen and oxygen atoms in total. The molecule has 0 aromatic heterocycles. The molecule has 0 aliphatic heterocycles. The van der Waals surface area contributed by atoms with Crippen LogP contribution < -0.4 is 5.73 Å². The third-order valence-electron chi connectivity index (χ3n) is 9.58. The third-order valence-corrected chi connectivity index (χ3v) is 10.6. The molecule has 59 heavy (non-hydrogen) atoms. The van der Waals surface area contributed by atoms with Crippen molar-refractivity contribution in [1.82, 2.24) is 0 Å². The lowest BCUT2D eigenvalue weighted by Crippen LogP contribution is -2.29. The molecule has 0 saturated heterocycles. The molecule has 0 bridgehead atoms. The predicted molar refractivity (Wildman–Crippen MR) is 247 cm³/mol. The van der Waals surface area contributed by atoms with Gasteiger partial charge in [0.1, 0.15) is 6.61 Å². The summed E-state index contributed by atoms with van der Waals surface area (Å²) in [5.74, 6) is -0.899. The highest BCUT2D eigenvalue weighted by Crippen LogP contribution is 2.43. The Hall–Kier alpha value is -2.55. The van der Waals surface area contributed by atoms with E-state index in [0.29, 0.717) is 12.8 Å². The van der Waals surface area contributed by atoms with Gasteiger partial charge in [-0.25, -0.2) is 4.57 Å². The van der Waals surface area contributed by atoms with E-state index in [9.17, 15) is 19.0 Å². The first kappa shape index (κ1) is 56.5. The number of phosphoric ester groups is 1. The molecule has 3 N–H and O–H groups in total. The third kappa shape index (κ3) is 44.8. The highest BCUT2D eigenvalue weighted by Gasteiger charge is 2.26. The molecule has 0 amide bonds. The second kappa shape index (κ2) is 45.0. The van der Waals surface area contributed by atoms with Crippen molar-refractivity contribution in [3.8, 4) is 0 Å². The smallest absolute Gasteiger partial charge is 0.462 e. The molecule has 1 unspecified atom stereocenters. The zero-order chi connectivity index (χ0) is 43.2. The normalized spacial score (nSPS) is 13.9. The Morgan fingerprint density at radius 3 is 1.46 bits per heavy atom. The highest BCUT2D eigenvalue weighted by molar-refractivity contribution is 7.47. The number of phosphoric acid groups is 1. The molecule has 340 valence electrons. The van der Waals surface area contributed by atoms with E-state index in [1.54, 1.807) is 0 Å². The Labute approximate surface area is 361 Å². The quantitative estimate of drug-likeness (QED) is 0.0266. The summed E-state index contributed by atoms with van der Waals surface area (Å²) in [4.78, 5) is 34.9. The molecule has 0 radical (unpaired) electrons. The van der Waals surface area contributed by atoms with Crippen LogP contribution in [0.1, 0.15) is 194 Å². The maximum absolute atomic E-state index is 12.6. The van der Waals surface area contributed by atoms with Crippen LogP contribution in [-0.2, 0) is 32.7 Å². The van der Waals surface area contributed by atoms with Crippen LogP contribution in [-0.4, -0.2) is 49.3 Å². The molecule has 0 fully saturated rings. The largest absolute Gasteiger partial charge is 0.472 e. The zero-order valence-corrected chi connectivity index (χ0v) is 38.4. The summed E-state index contributed by atoms with van der Waals surface area (Å²) in [5, 5.41) is 0. The fraction of sp³-hybridized carbons (Fsp3) is 0.714. The van der Waals surface area contributed by atoms with Gasteiger partial charge in [0.05, 0.1) is 13.2 Å².